The van der Waals surface area contributed by atoms with E-state index in [1.165, 1.54) is 20.1 Å². The lowest BCUT2D eigenvalue weighted by atomic mass is 10.1. The van der Waals surface area contributed by atoms with E-state index in [-0.39, 0.29) is 25.7 Å². The lowest BCUT2D eigenvalue weighted by molar-refractivity contribution is -0.119. The number of ketones is 1. The molecule has 0 saturated carbocycles. The van der Waals surface area contributed by atoms with E-state index in [1.807, 2.05) is 0 Å². The molecule has 4 nitrogen and oxygen atoms in total. The number of nitrogens with one attached hydrogen (secondary N) is 1. The van der Waals surface area contributed by atoms with Crippen LogP contribution >= 0.6 is 11.6 Å². The van der Waals surface area contributed by atoms with Crippen molar-refractivity contribution in [2.24, 2.45) is 0 Å². The van der Waals surface area contributed by atoms with Crippen LogP contribution in [0.2, 0.25) is 5.02 Å². The number of hydrogen-bond donors (Lipinski definition) is 1. The maximum atomic E-state index is 11.2. The first-order valence-corrected chi connectivity index (χ1v) is 5.01. The summed E-state index contributed by atoms with van der Waals surface area (Å²) >= 11 is 5.88. The molecule has 1 aromatic rings. The predicted molar refractivity (Wildman–Crippen MR) is 68.7 cm³/mol. The van der Waals surface area contributed by atoms with Crippen LogP contribution in [0.1, 0.15) is 24.7 Å². The standard InChI is InChI=1S/C11H12ClNO3.CH4/c1-7(14)9-4-3-8(5-10(9)12)13-11(15)6-16-2;/h3-5H,6H2,1-2H3,(H,13,15);1H4. The quantitative estimate of drug-likeness (QED) is 0.844. The van der Waals surface area contributed by atoms with Crippen LogP contribution in [-0.2, 0) is 9.53 Å². The van der Waals surface area contributed by atoms with Gasteiger partial charge in [-0.05, 0) is 25.1 Å². The molecule has 0 unspecified atom stereocenters. The number of anilines is 1. The second-order valence-corrected chi connectivity index (χ2v) is 3.64. The summed E-state index contributed by atoms with van der Waals surface area (Å²) in [5, 5.41) is 2.91. The maximum Gasteiger partial charge on any atom is 0.250 e. The van der Waals surface area contributed by atoms with Crippen molar-refractivity contribution in [2.75, 3.05) is 19.0 Å². The average molecular weight is 258 g/mol. The fourth-order valence-corrected chi connectivity index (χ4v) is 1.52. The predicted octanol–water partition coefficient (Wildman–Crippen LogP) is 2.76. The Morgan fingerprint density at radius 1 is 1.41 bits per heavy atom. The molecule has 1 N–H and O–H groups in total. The summed E-state index contributed by atoms with van der Waals surface area (Å²) in [4.78, 5) is 22.3. The van der Waals surface area contributed by atoms with Gasteiger partial charge in [0.1, 0.15) is 6.61 Å². The van der Waals surface area contributed by atoms with E-state index in [1.54, 1.807) is 12.1 Å². The number of methoxy groups -OCH3 is 1. The summed E-state index contributed by atoms with van der Waals surface area (Å²) in [6.45, 7) is 1.41. The van der Waals surface area contributed by atoms with Crippen molar-refractivity contribution in [3.05, 3.63) is 28.8 Å². The molecule has 0 aliphatic rings. The van der Waals surface area contributed by atoms with Crippen LogP contribution in [0.3, 0.4) is 0 Å². The van der Waals surface area contributed by atoms with Crippen LogP contribution in [0.5, 0.6) is 0 Å². The average Bonchev–Trinajstić information content (AvgIpc) is 2.17. The zero-order valence-corrected chi connectivity index (χ0v) is 9.80. The van der Waals surface area contributed by atoms with Crippen molar-refractivity contribution in [1.29, 1.82) is 0 Å². The molecule has 17 heavy (non-hydrogen) atoms. The molecule has 0 saturated heterocycles. The first kappa shape index (κ1) is 15.6. The molecule has 1 aromatic carbocycles. The van der Waals surface area contributed by atoms with Gasteiger partial charge in [0.2, 0.25) is 5.91 Å². The number of hydrogen-bond acceptors (Lipinski definition) is 3. The molecule has 5 heteroatoms. The number of amides is 1. The Hall–Kier alpha value is -1.39. The third-order valence-electron chi connectivity index (χ3n) is 1.91. The number of ether oxygens (including phenoxy) is 1. The Labute approximate surface area is 106 Å². The lowest BCUT2D eigenvalue weighted by Gasteiger charge is -2.06. The smallest absolute Gasteiger partial charge is 0.250 e. The molecule has 0 fully saturated rings. The number of rotatable bonds is 4. The Balaban J connectivity index is 0.00000256. The summed E-state index contributed by atoms with van der Waals surface area (Å²) in [6.07, 6.45) is 0. The normalized spacial score (nSPS) is 9.35. The van der Waals surface area contributed by atoms with E-state index >= 15 is 0 Å². The van der Waals surface area contributed by atoms with Crippen LogP contribution < -0.4 is 5.32 Å². The topological polar surface area (TPSA) is 55.4 Å². The lowest BCUT2D eigenvalue weighted by Crippen LogP contribution is -2.17. The molecule has 94 valence electrons. The van der Waals surface area contributed by atoms with Gasteiger partial charge in [-0.1, -0.05) is 19.0 Å². The first-order chi connectivity index (χ1) is 7.54. The first-order valence-electron chi connectivity index (χ1n) is 4.64. The van der Waals surface area contributed by atoms with Crippen molar-refractivity contribution in [1.82, 2.24) is 0 Å². The van der Waals surface area contributed by atoms with E-state index in [4.69, 9.17) is 11.6 Å². The Morgan fingerprint density at radius 2 is 2.06 bits per heavy atom. The van der Waals surface area contributed by atoms with Crippen LogP contribution in [0.15, 0.2) is 18.2 Å². The van der Waals surface area contributed by atoms with Gasteiger partial charge in [-0.3, -0.25) is 9.59 Å². The summed E-state index contributed by atoms with van der Waals surface area (Å²) < 4.78 is 4.67. The highest BCUT2D eigenvalue weighted by atomic mass is 35.5. The van der Waals surface area contributed by atoms with Gasteiger partial charge >= 0.3 is 0 Å². The highest BCUT2D eigenvalue weighted by Gasteiger charge is 2.07. The zero-order chi connectivity index (χ0) is 12.1. The SMILES string of the molecule is C.COCC(=O)Nc1ccc(C(C)=O)c(Cl)c1. The van der Waals surface area contributed by atoms with Crippen molar-refractivity contribution in [2.45, 2.75) is 14.4 Å². The van der Waals surface area contributed by atoms with Crippen LogP contribution in [0, 0.1) is 0 Å². The van der Waals surface area contributed by atoms with Crippen molar-refractivity contribution >= 4 is 29.0 Å². The second-order valence-electron chi connectivity index (χ2n) is 3.23. The highest BCUT2D eigenvalue weighted by molar-refractivity contribution is 6.34. The fourth-order valence-electron chi connectivity index (χ4n) is 1.21. The summed E-state index contributed by atoms with van der Waals surface area (Å²) in [5.74, 6) is -0.381. The number of carbonyl (C=O) groups excluding carboxylic acids is 2. The molecule has 0 spiro atoms. The van der Waals surface area contributed by atoms with Gasteiger partial charge in [-0.15, -0.1) is 0 Å². The summed E-state index contributed by atoms with van der Waals surface area (Å²) in [5.41, 5.74) is 0.975. The van der Waals surface area contributed by atoms with E-state index < -0.39 is 0 Å². The molecular weight excluding hydrogens is 242 g/mol. The molecule has 0 aliphatic carbocycles. The van der Waals surface area contributed by atoms with Crippen LogP contribution in [-0.4, -0.2) is 25.4 Å². The van der Waals surface area contributed by atoms with Crippen molar-refractivity contribution in [3.63, 3.8) is 0 Å². The molecule has 0 bridgehead atoms. The monoisotopic (exact) mass is 257 g/mol. The fraction of sp³-hybridized carbons (Fsp3) is 0.333. The Morgan fingerprint density at radius 3 is 2.53 bits per heavy atom. The third kappa shape index (κ3) is 4.54. The van der Waals surface area contributed by atoms with Crippen LogP contribution in [0.4, 0.5) is 5.69 Å². The van der Waals surface area contributed by atoms with Crippen molar-refractivity contribution < 1.29 is 14.3 Å². The Kier molecular flexibility index (Phi) is 6.46. The molecule has 1 amide bonds. The second kappa shape index (κ2) is 7.04. The molecule has 0 aliphatic heterocycles. The van der Waals surface area contributed by atoms with E-state index in [0.29, 0.717) is 16.3 Å². The largest absolute Gasteiger partial charge is 0.375 e. The Bertz CT molecular complexity index is 418. The number of carbonyl (C=O) groups is 2. The molecule has 0 heterocycles. The molecule has 0 aromatic heterocycles. The zero-order valence-electron chi connectivity index (χ0n) is 9.04. The highest BCUT2D eigenvalue weighted by Crippen LogP contribution is 2.21. The van der Waals surface area contributed by atoms with E-state index in [9.17, 15) is 9.59 Å². The van der Waals surface area contributed by atoms with Gasteiger partial charge in [0.25, 0.3) is 0 Å². The molecule has 0 atom stereocenters. The van der Waals surface area contributed by atoms with Gasteiger partial charge in [0, 0.05) is 18.4 Å². The maximum absolute atomic E-state index is 11.2. The number of halogens is 1. The van der Waals surface area contributed by atoms with Gasteiger partial charge < -0.3 is 10.1 Å². The minimum Gasteiger partial charge on any atom is -0.375 e. The minimum absolute atomic E-state index is 0. The minimum atomic E-state index is -0.269. The molecule has 1 rings (SSSR count). The van der Waals surface area contributed by atoms with E-state index in [0.717, 1.165) is 0 Å². The van der Waals surface area contributed by atoms with Crippen molar-refractivity contribution in [3.8, 4) is 0 Å². The molecule has 0 radical (unpaired) electrons. The molecular formula is C12H16ClNO3. The number of Topliss-reactive ketones (excluding diaryl/α,β-unsaturated/α-hetero) is 1. The number of benzene rings is 1. The van der Waals surface area contributed by atoms with Gasteiger partial charge in [-0.25, -0.2) is 0 Å². The van der Waals surface area contributed by atoms with Crippen LogP contribution in [0.25, 0.3) is 0 Å². The van der Waals surface area contributed by atoms with Gasteiger partial charge in [-0.2, -0.15) is 0 Å². The van der Waals surface area contributed by atoms with Gasteiger partial charge in [0.15, 0.2) is 5.78 Å². The van der Waals surface area contributed by atoms with E-state index in [2.05, 4.69) is 10.1 Å². The van der Waals surface area contributed by atoms with Gasteiger partial charge in [0.05, 0.1) is 5.02 Å². The summed E-state index contributed by atoms with van der Waals surface area (Å²) in [6, 6.07) is 4.73. The third-order valence-corrected chi connectivity index (χ3v) is 2.22. The summed E-state index contributed by atoms with van der Waals surface area (Å²) in [7, 11) is 1.44.